The average molecular weight is 1010 g/mol. The van der Waals surface area contributed by atoms with Gasteiger partial charge in [0.25, 0.3) is 0 Å². The summed E-state index contributed by atoms with van der Waals surface area (Å²) in [7, 11) is -9.77. The molecule has 4 atom stereocenters. The van der Waals surface area contributed by atoms with Crippen LogP contribution in [0.1, 0.15) is 245 Å². The van der Waals surface area contributed by atoms with Crippen molar-refractivity contribution in [3.05, 3.63) is 0 Å². The summed E-state index contributed by atoms with van der Waals surface area (Å²) in [5.41, 5.74) is 0. The molecule has 0 bridgehead atoms. The number of aliphatic hydroxyl groups is 1. The molecule has 0 aromatic carbocycles. The van der Waals surface area contributed by atoms with Crippen LogP contribution in [0.15, 0.2) is 0 Å². The van der Waals surface area contributed by atoms with E-state index in [1.807, 2.05) is 0 Å². The first-order valence-electron chi connectivity index (χ1n) is 26.6. The number of nitrogens with one attached hydrogen (secondary N) is 3. The Bertz CT molecular complexity index is 1370. The fraction of sp³-hybridized carbons (Fsp3) is 0.918. The van der Waals surface area contributed by atoms with Crippen molar-refractivity contribution in [1.82, 2.24) is 16.0 Å². The summed E-state index contributed by atoms with van der Waals surface area (Å²) in [5.74, 6) is -2.17. The maximum absolute atomic E-state index is 13.5. The van der Waals surface area contributed by atoms with Crippen LogP contribution in [0.4, 0.5) is 0 Å². The molecule has 0 saturated carbocycles. The van der Waals surface area contributed by atoms with Gasteiger partial charge in [-0.1, -0.05) is 181 Å². The van der Waals surface area contributed by atoms with Crippen LogP contribution in [0.5, 0.6) is 0 Å². The Morgan fingerprint density at radius 3 is 1.43 bits per heavy atom. The van der Waals surface area contributed by atoms with E-state index in [1.165, 1.54) is 96.3 Å². The van der Waals surface area contributed by atoms with E-state index < -0.39 is 70.9 Å². The highest BCUT2D eigenvalue weighted by Gasteiger charge is 2.26. The van der Waals surface area contributed by atoms with Gasteiger partial charge in [0.2, 0.25) is 17.7 Å². The Morgan fingerprint density at radius 2 is 0.941 bits per heavy atom. The summed E-state index contributed by atoms with van der Waals surface area (Å²) in [4.78, 5) is 89.8. The van der Waals surface area contributed by atoms with Crippen molar-refractivity contribution in [1.29, 1.82) is 0 Å². The van der Waals surface area contributed by atoms with Gasteiger partial charge in [-0.25, -0.2) is 9.13 Å². The number of phosphoric acid groups is 2. The quantitative estimate of drug-likeness (QED) is 0.0160. The van der Waals surface area contributed by atoms with Crippen LogP contribution in [0.25, 0.3) is 0 Å². The molecule has 402 valence electrons. The summed E-state index contributed by atoms with van der Waals surface area (Å²) >= 11 is 0. The fourth-order valence-electron chi connectivity index (χ4n) is 8.09. The first-order valence-corrected chi connectivity index (χ1v) is 29.7. The molecule has 0 fully saturated rings. The maximum atomic E-state index is 13.5. The van der Waals surface area contributed by atoms with Crippen LogP contribution in [0, 0.1) is 0 Å². The molecule has 1 unspecified atom stereocenters. The lowest BCUT2D eigenvalue weighted by molar-refractivity contribution is -0.151. The average Bonchev–Trinajstić information content (AvgIpc) is 3.26. The lowest BCUT2D eigenvalue weighted by Crippen LogP contribution is -2.48. The van der Waals surface area contributed by atoms with Crippen molar-refractivity contribution < 1.29 is 66.8 Å². The van der Waals surface area contributed by atoms with E-state index in [4.69, 9.17) is 4.74 Å². The van der Waals surface area contributed by atoms with Gasteiger partial charge in [-0.3, -0.25) is 28.2 Å². The highest BCUT2D eigenvalue weighted by atomic mass is 31.2. The van der Waals surface area contributed by atoms with Crippen LogP contribution in [-0.2, 0) is 42.1 Å². The van der Waals surface area contributed by atoms with Crippen LogP contribution < -0.4 is 16.0 Å². The van der Waals surface area contributed by atoms with Gasteiger partial charge in [0.1, 0.15) is 12.1 Å². The second kappa shape index (κ2) is 43.8. The molecule has 0 aromatic rings. The first kappa shape index (κ1) is 66.1. The molecule has 0 rings (SSSR count). The Hall–Kier alpha value is -1.94. The predicted molar refractivity (Wildman–Crippen MR) is 267 cm³/mol. The minimum atomic E-state index is -4.89. The van der Waals surface area contributed by atoms with Crippen LogP contribution in [-0.4, -0.2) is 92.4 Å². The van der Waals surface area contributed by atoms with Gasteiger partial charge in [-0.15, -0.1) is 0 Å². The van der Waals surface area contributed by atoms with E-state index in [1.54, 1.807) is 0 Å². The molecule has 0 aliphatic heterocycles. The number of carbonyl (C=O) groups is 4. The molecule has 17 nitrogen and oxygen atoms in total. The zero-order valence-electron chi connectivity index (χ0n) is 42.5. The Morgan fingerprint density at radius 1 is 0.500 bits per heavy atom. The third-order valence-electron chi connectivity index (χ3n) is 12.0. The normalized spacial score (nSPS) is 13.7. The summed E-state index contributed by atoms with van der Waals surface area (Å²) in [6, 6.07) is -2.15. The number of rotatable bonds is 49. The second-order valence-corrected chi connectivity index (χ2v) is 21.2. The van der Waals surface area contributed by atoms with Crippen LogP contribution in [0.2, 0.25) is 0 Å². The maximum Gasteiger partial charge on any atom is 0.469 e. The summed E-state index contributed by atoms with van der Waals surface area (Å²) in [6.07, 6.45) is 29.0. The highest BCUT2D eigenvalue weighted by molar-refractivity contribution is 7.46. The van der Waals surface area contributed by atoms with Gasteiger partial charge < -0.3 is 45.4 Å². The third kappa shape index (κ3) is 45.2. The molecular formula is C49H97N3O14P2. The molecule has 0 aliphatic rings. The lowest BCUT2D eigenvalue weighted by Gasteiger charge is -2.22. The first-order chi connectivity index (χ1) is 32.5. The number of unbranched alkanes of at least 4 members (excludes halogenated alkanes) is 24. The fourth-order valence-corrected chi connectivity index (χ4v) is 8.81. The number of ether oxygens (including phenoxy) is 1. The number of amides is 3. The van der Waals surface area contributed by atoms with E-state index in [-0.39, 0.29) is 51.0 Å². The van der Waals surface area contributed by atoms with E-state index >= 15 is 0 Å². The third-order valence-corrected chi connectivity index (χ3v) is 13.0. The molecule has 0 heterocycles. The smallest absolute Gasteiger partial charge is 0.462 e. The Labute approximate surface area is 410 Å². The molecule has 0 aromatic heterocycles. The molecule has 19 heteroatoms. The van der Waals surface area contributed by atoms with Crippen molar-refractivity contribution in [2.24, 2.45) is 0 Å². The Kier molecular flexibility index (Phi) is 42.6. The van der Waals surface area contributed by atoms with Crippen LogP contribution >= 0.6 is 15.6 Å². The zero-order valence-corrected chi connectivity index (χ0v) is 44.3. The van der Waals surface area contributed by atoms with Crippen molar-refractivity contribution in [2.45, 2.75) is 270 Å². The van der Waals surface area contributed by atoms with Crippen molar-refractivity contribution >= 4 is 39.3 Å². The predicted octanol–water partition coefficient (Wildman–Crippen LogP) is 10.3. The number of phosphoric ester groups is 2. The van der Waals surface area contributed by atoms with Gasteiger partial charge in [0, 0.05) is 19.4 Å². The largest absolute Gasteiger partial charge is 0.469 e. The van der Waals surface area contributed by atoms with Crippen molar-refractivity contribution in [3.63, 3.8) is 0 Å². The molecule has 0 spiro atoms. The number of hydrogen-bond acceptors (Lipinski definition) is 10. The van der Waals surface area contributed by atoms with Crippen molar-refractivity contribution in [2.75, 3.05) is 19.8 Å². The molecule has 0 aliphatic carbocycles. The molecule has 0 radical (unpaired) electrons. The zero-order chi connectivity index (χ0) is 50.7. The minimum Gasteiger partial charge on any atom is -0.462 e. The topological polar surface area (TPSA) is 267 Å². The van der Waals surface area contributed by atoms with Crippen LogP contribution in [0.3, 0.4) is 0 Å². The number of hydrogen-bond donors (Lipinski definition) is 8. The molecular weight excluding hydrogens is 916 g/mol. The van der Waals surface area contributed by atoms with Gasteiger partial charge in [0.05, 0.1) is 38.2 Å². The molecule has 3 amide bonds. The molecule has 0 saturated heterocycles. The van der Waals surface area contributed by atoms with E-state index in [0.717, 1.165) is 70.6 Å². The lowest BCUT2D eigenvalue weighted by atomic mass is 10.0. The van der Waals surface area contributed by atoms with Gasteiger partial charge in [-0.05, 0) is 38.5 Å². The monoisotopic (exact) mass is 1010 g/mol. The highest BCUT2D eigenvalue weighted by Crippen LogP contribution is 2.36. The SMILES string of the molecule is CCCCCCCCCCCC(=O)O[C@H](CCCCCCCCCCC)CC(=O)NC(CCOP(=O)(O)O)C(=O)NCCC[C@H](COP(=O)(O)O)NC(=O)C[C@H](O)CCCCCCCCCCC. The van der Waals surface area contributed by atoms with Gasteiger partial charge in [0.15, 0.2) is 0 Å². The van der Waals surface area contributed by atoms with E-state index in [0.29, 0.717) is 19.3 Å². The van der Waals surface area contributed by atoms with Gasteiger partial charge in [-0.2, -0.15) is 0 Å². The standard InChI is InChI=1S/C49H97N3O14P2/c1-4-7-10-13-16-19-22-25-28-33-43(53)39-46(54)51-42(41-65-68(61,62)63)32-31-37-50-49(57)45(36-38-64-67(58,59)60)52-47(55)40-44(34-29-26-23-20-17-14-11-8-5-2)66-48(56)35-30-27-24-21-18-15-12-9-6-3/h42-45,53H,4-41H2,1-3H3,(H,50,57)(H,51,54)(H,52,55)(H2,58,59,60)(H2,61,62,63)/t42-,43-,44-,45?/m1/s1. The summed E-state index contributed by atoms with van der Waals surface area (Å²) < 4.78 is 38.0. The number of carbonyl (C=O) groups excluding carboxylic acids is 4. The molecule has 68 heavy (non-hydrogen) atoms. The summed E-state index contributed by atoms with van der Waals surface area (Å²) in [5, 5.41) is 18.4. The van der Waals surface area contributed by atoms with Gasteiger partial charge >= 0.3 is 21.6 Å². The second-order valence-electron chi connectivity index (χ2n) is 18.7. The van der Waals surface area contributed by atoms with E-state index in [9.17, 15) is 53.0 Å². The van der Waals surface area contributed by atoms with E-state index in [2.05, 4.69) is 45.8 Å². The van der Waals surface area contributed by atoms with Crippen molar-refractivity contribution in [3.8, 4) is 0 Å². The summed E-state index contributed by atoms with van der Waals surface area (Å²) in [6.45, 7) is 5.47. The molecule has 8 N–H and O–H groups in total. The number of aliphatic hydroxyl groups excluding tert-OH is 1. The number of esters is 1. The Balaban J connectivity index is 5.40. The minimum absolute atomic E-state index is 0.00817.